The summed E-state index contributed by atoms with van der Waals surface area (Å²) in [5, 5.41) is 0. The Bertz CT molecular complexity index is 163. The molecule has 2 aliphatic heterocycles. The van der Waals surface area contributed by atoms with Crippen LogP contribution in [0.25, 0.3) is 0 Å². The van der Waals surface area contributed by atoms with Crippen LogP contribution in [-0.2, 0) is 4.74 Å². The van der Waals surface area contributed by atoms with Gasteiger partial charge < -0.3 is 4.74 Å². The summed E-state index contributed by atoms with van der Waals surface area (Å²) in [6.45, 7) is 3.30. The fourth-order valence-corrected chi connectivity index (χ4v) is 5.47. The van der Waals surface area contributed by atoms with Crippen molar-refractivity contribution in [3.63, 3.8) is 0 Å². The first-order valence-corrected chi connectivity index (χ1v) is 8.45. The molecule has 2 heterocycles. The highest BCUT2D eigenvalue weighted by atomic mass is 32.2. The van der Waals surface area contributed by atoms with Crippen LogP contribution in [-0.4, -0.2) is 33.9 Å². The van der Waals surface area contributed by atoms with Crippen molar-refractivity contribution < 1.29 is 4.74 Å². The van der Waals surface area contributed by atoms with Gasteiger partial charge >= 0.3 is 0 Å². The van der Waals surface area contributed by atoms with Gasteiger partial charge in [-0.1, -0.05) is 0 Å². The molecular weight excluding hydrogens is 232 g/mol. The lowest BCUT2D eigenvalue weighted by atomic mass is 10.1. The molecule has 2 rings (SSSR count). The van der Waals surface area contributed by atoms with E-state index in [4.69, 9.17) is 4.74 Å². The van der Waals surface area contributed by atoms with Gasteiger partial charge in [0.25, 0.3) is 0 Å². The van der Waals surface area contributed by atoms with Crippen LogP contribution in [0.5, 0.6) is 0 Å². The Morgan fingerprint density at radius 2 is 2.00 bits per heavy atom. The number of ether oxygens (including phenoxy) is 1. The lowest BCUT2D eigenvalue weighted by molar-refractivity contribution is 0.0930. The van der Waals surface area contributed by atoms with E-state index >= 15 is 0 Å². The van der Waals surface area contributed by atoms with E-state index in [0.29, 0.717) is 5.44 Å². The molecule has 0 aromatic rings. The zero-order chi connectivity index (χ0) is 9.80. The second kappa shape index (κ2) is 5.92. The number of hydrogen-bond donors (Lipinski definition) is 0. The average Bonchev–Trinajstić information content (AvgIpc) is 2.23. The summed E-state index contributed by atoms with van der Waals surface area (Å²) in [7, 11) is 0. The zero-order valence-corrected chi connectivity index (χ0v) is 11.1. The van der Waals surface area contributed by atoms with Gasteiger partial charge in [0.05, 0.1) is 0 Å². The molecule has 0 spiro atoms. The summed E-state index contributed by atoms with van der Waals surface area (Å²) >= 11 is 6.24. The molecule has 0 bridgehead atoms. The normalized spacial score (nSPS) is 39.6. The van der Waals surface area contributed by atoms with Crippen molar-refractivity contribution >= 4 is 35.3 Å². The van der Waals surface area contributed by atoms with Crippen molar-refractivity contribution in [2.45, 2.75) is 29.8 Å². The van der Waals surface area contributed by atoms with E-state index in [1.165, 1.54) is 30.1 Å². The van der Waals surface area contributed by atoms with Crippen molar-refractivity contribution in [3.05, 3.63) is 0 Å². The molecule has 0 aromatic carbocycles. The minimum atomic E-state index is 0.503. The van der Waals surface area contributed by atoms with Gasteiger partial charge in [-0.05, 0) is 42.9 Å². The van der Waals surface area contributed by atoms with Crippen molar-refractivity contribution in [1.29, 1.82) is 0 Å². The third-order valence-electron chi connectivity index (χ3n) is 2.56. The third-order valence-corrected chi connectivity index (χ3v) is 6.86. The Morgan fingerprint density at radius 1 is 1.21 bits per heavy atom. The second-order valence-corrected chi connectivity index (χ2v) is 8.17. The van der Waals surface area contributed by atoms with Crippen LogP contribution < -0.4 is 0 Å². The van der Waals surface area contributed by atoms with Crippen molar-refractivity contribution in [1.82, 2.24) is 0 Å². The smallest absolute Gasteiger partial charge is 0.103 e. The molecule has 0 aromatic heterocycles. The maximum atomic E-state index is 5.75. The van der Waals surface area contributed by atoms with Crippen LogP contribution in [0.3, 0.4) is 0 Å². The van der Waals surface area contributed by atoms with Crippen LogP contribution in [0.1, 0.15) is 19.8 Å². The Kier molecular flexibility index (Phi) is 4.86. The molecule has 0 saturated carbocycles. The maximum Gasteiger partial charge on any atom is 0.103 e. The van der Waals surface area contributed by atoms with E-state index in [-0.39, 0.29) is 0 Å². The molecule has 0 aliphatic carbocycles. The van der Waals surface area contributed by atoms with Crippen LogP contribution >= 0.6 is 35.3 Å². The highest BCUT2D eigenvalue weighted by Gasteiger charge is 2.24. The van der Waals surface area contributed by atoms with Gasteiger partial charge in [0.2, 0.25) is 0 Å². The Labute approximate surface area is 99.5 Å². The quantitative estimate of drug-likeness (QED) is 0.743. The van der Waals surface area contributed by atoms with E-state index < -0.39 is 0 Å². The van der Waals surface area contributed by atoms with Crippen LogP contribution in [0, 0.1) is 5.92 Å². The largest absolute Gasteiger partial charge is 0.368 e. The van der Waals surface area contributed by atoms with E-state index in [2.05, 4.69) is 30.4 Å². The standard InChI is InChI=1S/C10H18OS3/c1-8-13-6-9(7-14-8)5-10-11-3-2-4-12-10/h8-10H,2-7H2,1H3. The molecular formula is C10H18OS3. The van der Waals surface area contributed by atoms with Gasteiger partial charge in [-0.15, -0.1) is 35.3 Å². The minimum absolute atomic E-state index is 0.503. The third kappa shape index (κ3) is 3.54. The van der Waals surface area contributed by atoms with Gasteiger partial charge in [0.15, 0.2) is 0 Å². The molecule has 1 nitrogen and oxygen atoms in total. The molecule has 0 N–H and O–H groups in total. The maximum absolute atomic E-state index is 5.75. The highest BCUT2D eigenvalue weighted by molar-refractivity contribution is 8.17. The molecule has 0 amide bonds. The second-order valence-electron chi connectivity index (χ2n) is 3.86. The summed E-state index contributed by atoms with van der Waals surface area (Å²) < 4.78 is 6.56. The molecule has 82 valence electrons. The fraction of sp³-hybridized carbons (Fsp3) is 1.00. The molecule has 2 saturated heterocycles. The molecule has 2 fully saturated rings. The Hall–Kier alpha value is 1.01. The molecule has 2 aliphatic rings. The lowest BCUT2D eigenvalue weighted by Gasteiger charge is -2.30. The summed E-state index contributed by atoms with van der Waals surface area (Å²) in [4.78, 5) is 0. The fourth-order valence-electron chi connectivity index (χ4n) is 1.72. The predicted octanol–water partition coefficient (Wildman–Crippen LogP) is 3.30. The van der Waals surface area contributed by atoms with Gasteiger partial charge in [0.1, 0.15) is 5.44 Å². The van der Waals surface area contributed by atoms with E-state index in [1.807, 2.05) is 11.8 Å². The molecule has 0 radical (unpaired) electrons. The van der Waals surface area contributed by atoms with Crippen molar-refractivity contribution in [3.8, 4) is 0 Å². The van der Waals surface area contributed by atoms with Gasteiger partial charge in [-0.25, -0.2) is 0 Å². The first kappa shape index (κ1) is 11.5. The highest BCUT2D eigenvalue weighted by Crippen LogP contribution is 2.37. The van der Waals surface area contributed by atoms with Gasteiger partial charge in [-0.3, -0.25) is 0 Å². The summed E-state index contributed by atoms with van der Waals surface area (Å²) in [5.41, 5.74) is 0.503. The number of thioether (sulfide) groups is 3. The SMILES string of the molecule is CC1SCC(CC2OCCCS2)CS1. The van der Waals surface area contributed by atoms with Crippen molar-refractivity contribution in [2.75, 3.05) is 23.9 Å². The minimum Gasteiger partial charge on any atom is -0.368 e. The number of hydrogen-bond acceptors (Lipinski definition) is 4. The first-order valence-electron chi connectivity index (χ1n) is 5.31. The first-order chi connectivity index (χ1) is 6.84. The number of rotatable bonds is 2. The van der Waals surface area contributed by atoms with Gasteiger partial charge in [0, 0.05) is 11.2 Å². The van der Waals surface area contributed by atoms with E-state index in [1.54, 1.807) is 0 Å². The topological polar surface area (TPSA) is 9.23 Å². The van der Waals surface area contributed by atoms with Gasteiger partial charge in [-0.2, -0.15) is 0 Å². The summed E-state index contributed by atoms with van der Waals surface area (Å²) in [6, 6.07) is 0. The monoisotopic (exact) mass is 250 g/mol. The van der Waals surface area contributed by atoms with Crippen LogP contribution in [0.4, 0.5) is 0 Å². The molecule has 1 unspecified atom stereocenters. The van der Waals surface area contributed by atoms with Crippen molar-refractivity contribution in [2.24, 2.45) is 5.92 Å². The lowest BCUT2D eigenvalue weighted by Crippen LogP contribution is -2.24. The van der Waals surface area contributed by atoms with E-state index in [0.717, 1.165) is 17.1 Å². The Morgan fingerprint density at radius 3 is 2.64 bits per heavy atom. The van der Waals surface area contributed by atoms with E-state index in [9.17, 15) is 0 Å². The molecule has 1 atom stereocenters. The zero-order valence-electron chi connectivity index (χ0n) is 8.61. The summed E-state index contributed by atoms with van der Waals surface area (Å²) in [6.07, 6.45) is 2.52. The predicted molar refractivity (Wildman–Crippen MR) is 69.3 cm³/mol. The Balaban J connectivity index is 1.68. The molecule has 14 heavy (non-hydrogen) atoms. The van der Waals surface area contributed by atoms with Crippen LogP contribution in [0.2, 0.25) is 0 Å². The summed E-state index contributed by atoms with van der Waals surface area (Å²) in [5.74, 6) is 4.87. The molecule has 4 heteroatoms. The van der Waals surface area contributed by atoms with Crippen LogP contribution in [0.15, 0.2) is 0 Å². The average molecular weight is 250 g/mol.